The molecule has 150 valence electrons. The van der Waals surface area contributed by atoms with Crippen molar-refractivity contribution in [2.24, 2.45) is 0 Å². The first-order valence-corrected chi connectivity index (χ1v) is 11.8. The molecule has 3 rings (SSSR count). The van der Waals surface area contributed by atoms with Crippen LogP contribution >= 0.6 is 7.26 Å². The lowest BCUT2D eigenvalue weighted by Gasteiger charge is -2.39. The normalized spacial score (nSPS) is 12.4. The fourth-order valence-corrected chi connectivity index (χ4v) is 8.92. The van der Waals surface area contributed by atoms with Crippen LogP contribution in [0.4, 0.5) is 0 Å². The van der Waals surface area contributed by atoms with Crippen LogP contribution in [0, 0.1) is 0 Å². The first-order valence-electron chi connectivity index (χ1n) is 9.99. The van der Waals surface area contributed by atoms with E-state index in [4.69, 9.17) is 4.74 Å². The van der Waals surface area contributed by atoms with E-state index >= 15 is 0 Å². The van der Waals surface area contributed by atoms with Gasteiger partial charge in [-0.05, 0) is 71.0 Å². The van der Waals surface area contributed by atoms with E-state index in [1.54, 1.807) is 0 Å². The SMILES string of the molecule is CC(C)(C)OC(=O)C(C)(C)[P+](c1ccccc1)(c1ccccc1)c1ccccc1. The number of esters is 1. The van der Waals surface area contributed by atoms with Gasteiger partial charge in [0, 0.05) is 0 Å². The van der Waals surface area contributed by atoms with Crippen molar-refractivity contribution >= 4 is 29.1 Å². The van der Waals surface area contributed by atoms with Crippen molar-refractivity contribution < 1.29 is 9.53 Å². The summed E-state index contributed by atoms with van der Waals surface area (Å²) in [6, 6.07) is 31.3. The van der Waals surface area contributed by atoms with E-state index in [9.17, 15) is 4.79 Å². The monoisotopic (exact) mass is 405 g/mol. The summed E-state index contributed by atoms with van der Waals surface area (Å²) in [6.07, 6.45) is 0. The molecule has 0 aliphatic heterocycles. The predicted molar refractivity (Wildman–Crippen MR) is 125 cm³/mol. The van der Waals surface area contributed by atoms with E-state index in [-0.39, 0.29) is 5.97 Å². The number of carbonyl (C=O) groups excluding carboxylic acids is 1. The first-order chi connectivity index (χ1) is 13.7. The summed E-state index contributed by atoms with van der Waals surface area (Å²) in [5, 5.41) is 2.76. The number of ether oxygens (including phenoxy) is 1. The third-order valence-corrected chi connectivity index (χ3v) is 10.2. The van der Waals surface area contributed by atoms with Crippen LogP contribution in [0.3, 0.4) is 0 Å². The van der Waals surface area contributed by atoms with Gasteiger partial charge in [0.05, 0.1) is 0 Å². The van der Waals surface area contributed by atoms with Gasteiger partial charge < -0.3 is 4.74 Å². The quantitative estimate of drug-likeness (QED) is 0.436. The fourth-order valence-electron chi connectivity index (χ4n) is 3.91. The third-order valence-electron chi connectivity index (χ3n) is 5.17. The Morgan fingerprint density at radius 1 is 0.621 bits per heavy atom. The molecule has 0 aliphatic rings. The van der Waals surface area contributed by atoms with Crippen LogP contribution in [-0.4, -0.2) is 16.7 Å². The highest BCUT2D eigenvalue weighted by Crippen LogP contribution is 2.66. The Labute approximate surface area is 175 Å². The second-order valence-electron chi connectivity index (χ2n) is 8.74. The maximum Gasteiger partial charge on any atom is 0.351 e. The molecule has 0 saturated heterocycles. The van der Waals surface area contributed by atoms with E-state index in [1.807, 2.05) is 52.8 Å². The molecular formula is C26H30O2P+. The minimum Gasteiger partial charge on any atom is -0.457 e. The third kappa shape index (κ3) is 4.00. The summed E-state index contributed by atoms with van der Waals surface area (Å²) in [6.45, 7) is 9.86. The summed E-state index contributed by atoms with van der Waals surface area (Å²) in [4.78, 5) is 13.7. The van der Waals surface area contributed by atoms with Gasteiger partial charge in [-0.1, -0.05) is 54.6 Å². The zero-order valence-corrected chi connectivity index (χ0v) is 18.8. The standard InChI is InChI=1S/C26H30O2P/c1-25(2,3)28-24(27)26(4,5)29(21-15-9-6-10-16-21,22-17-11-7-12-18-22)23-19-13-8-14-20-23/h6-20H,1-5H3/q+1. The maximum atomic E-state index is 13.7. The van der Waals surface area contributed by atoms with Crippen LogP contribution in [0.5, 0.6) is 0 Å². The molecule has 29 heavy (non-hydrogen) atoms. The van der Waals surface area contributed by atoms with Crippen molar-refractivity contribution in [1.29, 1.82) is 0 Å². The van der Waals surface area contributed by atoms with Gasteiger partial charge in [-0.2, -0.15) is 0 Å². The molecule has 3 aromatic carbocycles. The molecule has 0 heterocycles. The molecule has 0 amide bonds. The molecule has 0 bridgehead atoms. The van der Waals surface area contributed by atoms with Crippen molar-refractivity contribution in [3.05, 3.63) is 91.0 Å². The Bertz CT molecular complexity index is 846. The maximum absolute atomic E-state index is 13.7. The molecule has 2 nitrogen and oxygen atoms in total. The Morgan fingerprint density at radius 2 is 0.931 bits per heavy atom. The highest BCUT2D eigenvalue weighted by Gasteiger charge is 2.63. The molecule has 0 saturated carbocycles. The van der Waals surface area contributed by atoms with Crippen LogP contribution in [0.25, 0.3) is 0 Å². The molecule has 3 heteroatoms. The largest absolute Gasteiger partial charge is 0.457 e. The Kier molecular flexibility index (Phi) is 5.96. The Morgan fingerprint density at radius 3 is 1.21 bits per heavy atom. The molecule has 0 radical (unpaired) electrons. The molecule has 3 aromatic rings. The van der Waals surface area contributed by atoms with Gasteiger partial charge in [-0.3, -0.25) is 0 Å². The lowest BCUT2D eigenvalue weighted by atomic mass is 10.1. The van der Waals surface area contributed by atoms with Gasteiger partial charge in [0.15, 0.2) is 5.16 Å². The lowest BCUT2D eigenvalue weighted by molar-refractivity contribution is -0.157. The van der Waals surface area contributed by atoms with E-state index in [2.05, 4.69) is 72.8 Å². The summed E-state index contributed by atoms with van der Waals surface area (Å²) in [5.74, 6) is -0.171. The molecule has 0 aliphatic carbocycles. The number of carbonyl (C=O) groups is 1. The van der Waals surface area contributed by atoms with Gasteiger partial charge in [0.2, 0.25) is 0 Å². The highest BCUT2D eigenvalue weighted by molar-refractivity contribution is 7.97. The van der Waals surface area contributed by atoms with Crippen LogP contribution in [0.1, 0.15) is 34.6 Å². The Balaban J connectivity index is 2.38. The minimum atomic E-state index is -2.37. The molecule has 0 atom stereocenters. The second kappa shape index (κ2) is 8.13. The fraction of sp³-hybridized carbons (Fsp3) is 0.269. The second-order valence-corrected chi connectivity index (χ2v) is 12.7. The number of hydrogen-bond donors (Lipinski definition) is 0. The first kappa shape index (κ1) is 21.3. The van der Waals surface area contributed by atoms with E-state index < -0.39 is 18.0 Å². The summed E-state index contributed by atoms with van der Waals surface area (Å²) in [5.41, 5.74) is -0.548. The average Bonchev–Trinajstić information content (AvgIpc) is 2.69. The van der Waals surface area contributed by atoms with Crippen LogP contribution in [0.2, 0.25) is 0 Å². The predicted octanol–water partition coefficient (Wildman–Crippen LogP) is 5.10. The van der Waals surface area contributed by atoms with Crippen molar-refractivity contribution in [3.8, 4) is 0 Å². The number of benzene rings is 3. The van der Waals surface area contributed by atoms with Crippen molar-refractivity contribution in [1.82, 2.24) is 0 Å². The molecule has 0 aromatic heterocycles. The zero-order valence-electron chi connectivity index (χ0n) is 17.9. The number of hydrogen-bond acceptors (Lipinski definition) is 2. The van der Waals surface area contributed by atoms with Gasteiger partial charge in [0.1, 0.15) is 28.8 Å². The average molecular weight is 405 g/mol. The molecule has 0 spiro atoms. The van der Waals surface area contributed by atoms with Gasteiger partial charge in [-0.15, -0.1) is 0 Å². The zero-order chi connectivity index (χ0) is 21.1. The van der Waals surface area contributed by atoms with E-state index in [1.165, 1.54) is 15.9 Å². The molecule has 0 unspecified atom stereocenters. The van der Waals surface area contributed by atoms with Crippen LogP contribution in [-0.2, 0) is 9.53 Å². The van der Waals surface area contributed by atoms with E-state index in [0.29, 0.717) is 0 Å². The summed E-state index contributed by atoms with van der Waals surface area (Å²) < 4.78 is 5.96. The van der Waals surface area contributed by atoms with Crippen molar-refractivity contribution in [3.63, 3.8) is 0 Å². The van der Waals surface area contributed by atoms with Gasteiger partial charge >= 0.3 is 5.97 Å². The summed E-state index contributed by atoms with van der Waals surface area (Å²) in [7, 11) is -2.37. The van der Waals surface area contributed by atoms with Crippen molar-refractivity contribution in [2.75, 3.05) is 0 Å². The Hall–Kier alpha value is -2.44. The molecule has 0 fully saturated rings. The van der Waals surface area contributed by atoms with Crippen LogP contribution < -0.4 is 15.9 Å². The molecular weight excluding hydrogens is 375 g/mol. The summed E-state index contributed by atoms with van der Waals surface area (Å²) >= 11 is 0. The van der Waals surface area contributed by atoms with E-state index in [0.717, 1.165) is 0 Å². The van der Waals surface area contributed by atoms with Crippen LogP contribution in [0.15, 0.2) is 91.0 Å². The van der Waals surface area contributed by atoms with Gasteiger partial charge in [0.25, 0.3) is 0 Å². The number of rotatable bonds is 5. The highest BCUT2D eigenvalue weighted by atomic mass is 31.2. The lowest BCUT2D eigenvalue weighted by Crippen LogP contribution is -2.50. The minimum absolute atomic E-state index is 0.171. The topological polar surface area (TPSA) is 26.3 Å². The van der Waals surface area contributed by atoms with Gasteiger partial charge in [-0.25, -0.2) is 4.79 Å². The smallest absolute Gasteiger partial charge is 0.351 e. The molecule has 0 N–H and O–H groups in total. The van der Waals surface area contributed by atoms with Crippen molar-refractivity contribution in [2.45, 2.75) is 45.4 Å².